The number of phenols is 1. The minimum atomic E-state index is -0.514. The second-order valence-corrected chi connectivity index (χ2v) is 7.32. The fourth-order valence-electron chi connectivity index (χ4n) is 2.87. The molecular formula is C26H23N3O5. The molecule has 0 heterocycles. The topological polar surface area (TPSA) is 117 Å². The highest BCUT2D eigenvalue weighted by Crippen LogP contribution is 2.27. The molecule has 1 amide bonds. The Morgan fingerprint density at radius 3 is 2.29 bits per heavy atom. The highest BCUT2D eigenvalue weighted by molar-refractivity contribution is 6.11. The molecule has 172 valence electrons. The van der Waals surface area contributed by atoms with Crippen LogP contribution in [0.3, 0.4) is 0 Å². The van der Waals surface area contributed by atoms with E-state index in [4.69, 9.17) is 4.74 Å². The van der Waals surface area contributed by atoms with Crippen LogP contribution < -0.4 is 5.32 Å². The van der Waals surface area contributed by atoms with Gasteiger partial charge in [0.2, 0.25) is 0 Å². The van der Waals surface area contributed by atoms with E-state index in [9.17, 15) is 19.5 Å². The maximum Gasteiger partial charge on any atom is 0.333 e. The van der Waals surface area contributed by atoms with E-state index >= 15 is 0 Å². The minimum absolute atomic E-state index is 0.0295. The van der Waals surface area contributed by atoms with Crippen molar-refractivity contribution in [3.63, 3.8) is 0 Å². The third kappa shape index (κ3) is 6.46. The number of hydrogen-bond acceptors (Lipinski definition) is 7. The largest absolute Gasteiger partial charge is 0.507 e. The van der Waals surface area contributed by atoms with E-state index in [1.165, 1.54) is 18.2 Å². The Kier molecular flexibility index (Phi) is 8.02. The zero-order chi connectivity index (χ0) is 24.5. The number of esters is 1. The second-order valence-electron chi connectivity index (χ2n) is 7.32. The highest BCUT2D eigenvalue weighted by atomic mass is 16.5. The maximum absolute atomic E-state index is 12.7. The van der Waals surface area contributed by atoms with Crippen LogP contribution in [0.5, 0.6) is 5.75 Å². The van der Waals surface area contributed by atoms with Gasteiger partial charge in [0.05, 0.1) is 23.5 Å². The van der Waals surface area contributed by atoms with Gasteiger partial charge < -0.3 is 15.2 Å². The summed E-state index contributed by atoms with van der Waals surface area (Å²) in [5.41, 5.74) is 1.99. The Bertz CT molecular complexity index is 1250. The van der Waals surface area contributed by atoms with E-state index in [1.54, 1.807) is 61.5 Å². The van der Waals surface area contributed by atoms with Gasteiger partial charge in [0.1, 0.15) is 12.4 Å². The smallest absolute Gasteiger partial charge is 0.333 e. The molecule has 34 heavy (non-hydrogen) atoms. The molecule has 0 saturated heterocycles. The molecule has 0 radical (unpaired) electrons. The van der Waals surface area contributed by atoms with Crippen molar-refractivity contribution in [1.82, 2.24) is 5.32 Å². The molecule has 0 aliphatic carbocycles. The van der Waals surface area contributed by atoms with Crippen molar-refractivity contribution in [1.29, 1.82) is 0 Å². The summed E-state index contributed by atoms with van der Waals surface area (Å²) in [5, 5.41) is 21.0. The predicted molar refractivity (Wildman–Crippen MR) is 127 cm³/mol. The summed E-state index contributed by atoms with van der Waals surface area (Å²) in [4.78, 5) is 36.4. The number of nitrogens with one attached hydrogen (secondary N) is 1. The Morgan fingerprint density at radius 1 is 0.912 bits per heavy atom. The normalized spacial score (nSPS) is 10.6. The van der Waals surface area contributed by atoms with E-state index in [0.29, 0.717) is 22.5 Å². The molecule has 3 aromatic rings. The molecule has 3 aromatic carbocycles. The number of carbonyl (C=O) groups excluding carboxylic acids is 3. The molecule has 2 N–H and O–H groups in total. The van der Waals surface area contributed by atoms with Crippen molar-refractivity contribution in [3.8, 4) is 5.75 Å². The molecular weight excluding hydrogens is 434 g/mol. The highest BCUT2D eigenvalue weighted by Gasteiger charge is 2.14. The van der Waals surface area contributed by atoms with Crippen LogP contribution >= 0.6 is 0 Å². The number of amides is 1. The van der Waals surface area contributed by atoms with E-state index in [0.717, 1.165) is 0 Å². The molecule has 0 aliphatic rings. The lowest BCUT2D eigenvalue weighted by molar-refractivity contribution is -0.138. The van der Waals surface area contributed by atoms with Crippen LogP contribution in [0.4, 0.5) is 11.4 Å². The summed E-state index contributed by atoms with van der Waals surface area (Å²) >= 11 is 0. The number of benzene rings is 3. The average molecular weight is 457 g/mol. The summed E-state index contributed by atoms with van der Waals surface area (Å²) < 4.78 is 4.94. The lowest BCUT2D eigenvalue weighted by Crippen LogP contribution is -2.28. The quantitative estimate of drug-likeness (QED) is 0.156. The van der Waals surface area contributed by atoms with Crippen molar-refractivity contribution >= 4 is 29.0 Å². The van der Waals surface area contributed by atoms with Crippen molar-refractivity contribution in [2.45, 2.75) is 6.92 Å². The number of rotatable bonds is 9. The first kappa shape index (κ1) is 24.1. The molecule has 0 fully saturated rings. The number of carbonyl (C=O) groups is 3. The molecule has 0 unspecified atom stereocenters. The first-order valence-corrected chi connectivity index (χ1v) is 10.4. The fraction of sp³-hybridized carbons (Fsp3) is 0.115. The number of ether oxygens (including phenoxy) is 1. The molecule has 0 atom stereocenters. The van der Waals surface area contributed by atoms with Crippen LogP contribution in [-0.4, -0.2) is 35.9 Å². The predicted octanol–water partition coefficient (Wildman–Crippen LogP) is 4.89. The number of phenolic OH excluding ortho intramolecular Hbond substituents is 1. The van der Waals surface area contributed by atoms with Gasteiger partial charge in [-0.2, -0.15) is 10.2 Å². The third-order valence-corrected chi connectivity index (χ3v) is 4.62. The van der Waals surface area contributed by atoms with Crippen LogP contribution in [-0.2, 0) is 9.53 Å². The molecule has 0 aliphatic heterocycles. The summed E-state index contributed by atoms with van der Waals surface area (Å²) in [6, 6.07) is 19.5. The first-order valence-electron chi connectivity index (χ1n) is 10.4. The zero-order valence-corrected chi connectivity index (χ0v) is 18.5. The third-order valence-electron chi connectivity index (χ3n) is 4.62. The van der Waals surface area contributed by atoms with E-state index in [2.05, 4.69) is 22.1 Å². The number of hydrogen-bond donors (Lipinski definition) is 2. The Morgan fingerprint density at radius 2 is 1.59 bits per heavy atom. The lowest BCUT2D eigenvalue weighted by Gasteiger charge is -2.07. The van der Waals surface area contributed by atoms with Crippen molar-refractivity contribution in [2.24, 2.45) is 10.2 Å². The number of aromatic hydroxyl groups is 1. The minimum Gasteiger partial charge on any atom is -0.507 e. The van der Waals surface area contributed by atoms with Gasteiger partial charge in [-0.15, -0.1) is 0 Å². The molecule has 8 heteroatoms. The van der Waals surface area contributed by atoms with Crippen molar-refractivity contribution in [2.75, 3.05) is 13.2 Å². The van der Waals surface area contributed by atoms with Crippen LogP contribution in [0.15, 0.2) is 95.2 Å². The van der Waals surface area contributed by atoms with Crippen molar-refractivity contribution < 1.29 is 24.2 Å². The van der Waals surface area contributed by atoms with Gasteiger partial charge in [-0.05, 0) is 43.3 Å². The van der Waals surface area contributed by atoms with Crippen LogP contribution in [0.25, 0.3) is 0 Å². The Balaban J connectivity index is 1.66. The van der Waals surface area contributed by atoms with Crippen molar-refractivity contribution in [3.05, 3.63) is 102 Å². The standard InChI is InChI=1S/C26H23N3O5/c1-17(2)26(33)34-14-13-27-25(32)19-9-6-10-20(15-19)28-29-21-11-12-23(30)22(16-21)24(31)18-7-4-3-5-8-18/h3-12,15-16,30H,1,13-14H2,2H3,(H,27,32). The monoisotopic (exact) mass is 457 g/mol. The lowest BCUT2D eigenvalue weighted by atomic mass is 10.0. The van der Waals surface area contributed by atoms with Gasteiger partial charge in [-0.25, -0.2) is 4.79 Å². The zero-order valence-electron chi connectivity index (χ0n) is 18.5. The molecule has 3 rings (SSSR count). The van der Waals surface area contributed by atoms with Crippen LogP contribution in [0.2, 0.25) is 0 Å². The Labute approximate surface area is 196 Å². The fourth-order valence-corrected chi connectivity index (χ4v) is 2.87. The molecule has 0 saturated carbocycles. The van der Waals surface area contributed by atoms with Crippen LogP contribution in [0, 0.1) is 0 Å². The maximum atomic E-state index is 12.7. The summed E-state index contributed by atoms with van der Waals surface area (Å²) in [5.74, 6) is -1.36. The molecule has 0 aromatic heterocycles. The van der Waals surface area contributed by atoms with Gasteiger partial charge >= 0.3 is 5.97 Å². The number of ketones is 1. The van der Waals surface area contributed by atoms with Gasteiger partial charge in [0.15, 0.2) is 5.78 Å². The molecule has 0 spiro atoms. The Hall–Kier alpha value is -4.59. The first-order chi connectivity index (χ1) is 16.3. The van der Waals surface area contributed by atoms with Gasteiger partial charge in [0.25, 0.3) is 5.91 Å². The summed E-state index contributed by atoms with van der Waals surface area (Å²) in [6.45, 7) is 5.21. The summed E-state index contributed by atoms with van der Waals surface area (Å²) in [6.07, 6.45) is 0. The van der Waals surface area contributed by atoms with E-state index in [1.807, 2.05) is 0 Å². The number of azo groups is 1. The van der Waals surface area contributed by atoms with E-state index in [-0.39, 0.29) is 41.7 Å². The molecule has 8 nitrogen and oxygen atoms in total. The number of nitrogens with zero attached hydrogens (tertiary/aromatic N) is 2. The van der Waals surface area contributed by atoms with Crippen LogP contribution in [0.1, 0.15) is 33.2 Å². The van der Waals surface area contributed by atoms with Gasteiger partial charge in [-0.3, -0.25) is 9.59 Å². The second kappa shape index (κ2) is 11.3. The van der Waals surface area contributed by atoms with E-state index < -0.39 is 5.97 Å². The summed E-state index contributed by atoms with van der Waals surface area (Å²) in [7, 11) is 0. The van der Waals surface area contributed by atoms with Gasteiger partial charge in [-0.1, -0.05) is 43.0 Å². The average Bonchev–Trinajstić information content (AvgIpc) is 2.86. The molecule has 0 bridgehead atoms. The van der Waals surface area contributed by atoms with Gasteiger partial charge in [0, 0.05) is 16.7 Å². The SMILES string of the molecule is C=C(C)C(=O)OCCNC(=O)c1cccc(N=Nc2ccc(O)c(C(=O)c3ccccc3)c2)c1.